The molecule has 0 N–H and O–H groups in total. The molecule has 28 heavy (non-hydrogen) atoms. The third-order valence-corrected chi connectivity index (χ3v) is 5.76. The number of non-ortho nitro benzene ring substituents is 1. The number of carbonyl (C=O) groups is 1. The average molecular weight is 395 g/mol. The smallest absolute Gasteiger partial charge is 0.269 e. The summed E-state index contributed by atoms with van der Waals surface area (Å²) in [6.45, 7) is 2.84. The monoisotopic (exact) mass is 395 g/mol. The molecule has 0 atom stereocenters. The lowest BCUT2D eigenvalue weighted by Crippen LogP contribution is -2.35. The number of ketones is 1. The minimum Gasteiger partial charge on any atom is -0.378 e. The van der Waals surface area contributed by atoms with E-state index in [4.69, 9.17) is 4.74 Å². The summed E-state index contributed by atoms with van der Waals surface area (Å²) < 4.78 is 5.45. The van der Waals surface area contributed by atoms with Crippen LogP contribution in [0.2, 0.25) is 0 Å². The first-order valence-electron chi connectivity index (χ1n) is 8.79. The number of pyridine rings is 1. The normalized spacial score (nSPS) is 14.1. The molecule has 0 bridgehead atoms. The molecule has 0 unspecified atom stereocenters. The van der Waals surface area contributed by atoms with Gasteiger partial charge >= 0.3 is 0 Å². The number of thiophene rings is 1. The van der Waals surface area contributed by atoms with Crippen molar-refractivity contribution in [3.8, 4) is 11.1 Å². The first-order chi connectivity index (χ1) is 13.6. The molecule has 1 aliphatic rings. The van der Waals surface area contributed by atoms with Gasteiger partial charge in [-0.05, 0) is 35.9 Å². The van der Waals surface area contributed by atoms with Crippen molar-refractivity contribution in [1.29, 1.82) is 0 Å². The largest absolute Gasteiger partial charge is 0.378 e. The summed E-state index contributed by atoms with van der Waals surface area (Å²) in [4.78, 5) is 30.3. The van der Waals surface area contributed by atoms with E-state index in [0.717, 1.165) is 29.2 Å². The predicted octanol–water partition coefficient (Wildman–Crippen LogP) is 3.79. The molecule has 0 radical (unpaired) electrons. The molecule has 0 aliphatic carbocycles. The van der Waals surface area contributed by atoms with Crippen molar-refractivity contribution in [1.82, 2.24) is 4.98 Å². The highest BCUT2D eigenvalue weighted by atomic mass is 32.1. The Morgan fingerprint density at radius 2 is 1.79 bits per heavy atom. The van der Waals surface area contributed by atoms with Gasteiger partial charge < -0.3 is 9.64 Å². The molecule has 8 heteroatoms. The molecule has 3 aromatic rings. The predicted molar refractivity (Wildman–Crippen MR) is 107 cm³/mol. The Morgan fingerprint density at radius 3 is 2.43 bits per heavy atom. The Morgan fingerprint density at radius 1 is 1.11 bits per heavy atom. The minimum absolute atomic E-state index is 0.0331. The maximum absolute atomic E-state index is 13.0. The van der Waals surface area contributed by atoms with Gasteiger partial charge in [-0.3, -0.25) is 19.9 Å². The molecule has 3 heterocycles. The fraction of sp³-hybridized carbons (Fsp3) is 0.200. The molecule has 1 saturated heterocycles. The number of anilines is 1. The lowest BCUT2D eigenvalue weighted by molar-refractivity contribution is -0.384. The second-order valence-corrected chi connectivity index (χ2v) is 7.33. The summed E-state index contributed by atoms with van der Waals surface area (Å²) in [5.74, 6) is -0.144. The van der Waals surface area contributed by atoms with Gasteiger partial charge in [-0.1, -0.05) is 0 Å². The van der Waals surface area contributed by atoms with Gasteiger partial charge in [-0.2, -0.15) is 0 Å². The molecule has 0 amide bonds. The molecule has 0 spiro atoms. The Labute approximate surface area is 165 Å². The summed E-state index contributed by atoms with van der Waals surface area (Å²) >= 11 is 1.44. The van der Waals surface area contributed by atoms with Crippen molar-refractivity contribution >= 4 is 27.8 Å². The summed E-state index contributed by atoms with van der Waals surface area (Å²) in [5, 5.41) is 11.9. The van der Waals surface area contributed by atoms with Gasteiger partial charge in [0.25, 0.3) is 5.69 Å². The second kappa shape index (κ2) is 7.87. The zero-order valence-electron chi connectivity index (χ0n) is 14.9. The lowest BCUT2D eigenvalue weighted by atomic mass is 10.1. The van der Waals surface area contributed by atoms with Crippen molar-refractivity contribution in [2.24, 2.45) is 0 Å². The highest BCUT2D eigenvalue weighted by Crippen LogP contribution is 2.40. The number of rotatable bonds is 5. The minimum atomic E-state index is -0.475. The number of hydrogen-bond acceptors (Lipinski definition) is 7. The fourth-order valence-corrected chi connectivity index (χ4v) is 4.30. The summed E-state index contributed by atoms with van der Waals surface area (Å²) in [5.41, 5.74) is 2.38. The second-order valence-electron chi connectivity index (χ2n) is 6.30. The molecule has 0 saturated carbocycles. The van der Waals surface area contributed by atoms with Crippen LogP contribution in [0.15, 0.2) is 54.9 Å². The number of morpholine rings is 1. The van der Waals surface area contributed by atoms with Crippen LogP contribution in [0.5, 0.6) is 0 Å². The molecular weight excluding hydrogens is 378 g/mol. The van der Waals surface area contributed by atoms with Crippen LogP contribution in [0, 0.1) is 10.1 Å². The van der Waals surface area contributed by atoms with Crippen molar-refractivity contribution in [3.63, 3.8) is 0 Å². The molecule has 1 aliphatic heterocycles. The van der Waals surface area contributed by atoms with Gasteiger partial charge in [0.1, 0.15) is 0 Å². The van der Waals surface area contributed by atoms with Crippen LogP contribution in [0.1, 0.15) is 15.2 Å². The number of nitro groups is 1. The SMILES string of the molecule is O=C(c1ccc([N+](=O)[O-])cc1)c1cc(-c2ccncc2)c(N2CCOCC2)s1. The third kappa shape index (κ3) is 3.64. The van der Waals surface area contributed by atoms with Crippen molar-refractivity contribution in [2.45, 2.75) is 0 Å². The number of carbonyl (C=O) groups excluding carboxylic acids is 1. The van der Waals surface area contributed by atoms with Crippen LogP contribution >= 0.6 is 11.3 Å². The number of benzene rings is 1. The van der Waals surface area contributed by atoms with Crippen LogP contribution in [-0.4, -0.2) is 42.0 Å². The fourth-order valence-electron chi connectivity index (χ4n) is 3.11. The first kappa shape index (κ1) is 18.3. The van der Waals surface area contributed by atoms with E-state index < -0.39 is 4.92 Å². The van der Waals surface area contributed by atoms with Gasteiger partial charge in [0, 0.05) is 48.7 Å². The Hall–Kier alpha value is -3.10. The van der Waals surface area contributed by atoms with Crippen LogP contribution in [-0.2, 0) is 4.74 Å². The van der Waals surface area contributed by atoms with Crippen LogP contribution in [0.25, 0.3) is 11.1 Å². The summed E-state index contributed by atoms with van der Waals surface area (Å²) in [6, 6.07) is 11.5. The molecular formula is C20H17N3O4S. The van der Waals surface area contributed by atoms with Crippen LogP contribution in [0.3, 0.4) is 0 Å². The molecule has 2 aromatic heterocycles. The van der Waals surface area contributed by atoms with E-state index in [2.05, 4.69) is 9.88 Å². The van der Waals surface area contributed by atoms with Gasteiger partial charge in [0.15, 0.2) is 0 Å². The number of aromatic nitrogens is 1. The Bertz CT molecular complexity index is 996. The number of ether oxygens (including phenoxy) is 1. The maximum Gasteiger partial charge on any atom is 0.269 e. The van der Waals surface area contributed by atoms with Crippen molar-refractivity contribution in [2.75, 3.05) is 31.2 Å². The standard InChI is InChI=1S/C20H17N3O4S/c24-19(15-1-3-16(4-2-15)23(25)26)18-13-17(14-5-7-21-8-6-14)20(28-18)22-9-11-27-12-10-22/h1-8,13H,9-12H2. The quantitative estimate of drug-likeness (QED) is 0.371. The highest BCUT2D eigenvalue weighted by molar-refractivity contribution is 7.18. The molecule has 142 valence electrons. The van der Waals surface area contributed by atoms with Crippen LogP contribution < -0.4 is 4.90 Å². The number of nitrogens with zero attached hydrogens (tertiary/aromatic N) is 3. The zero-order chi connectivity index (χ0) is 19.5. The van der Waals surface area contributed by atoms with E-state index >= 15 is 0 Å². The molecule has 4 rings (SSSR count). The summed E-state index contributed by atoms with van der Waals surface area (Å²) in [6.07, 6.45) is 3.46. The third-order valence-electron chi connectivity index (χ3n) is 4.57. The summed E-state index contributed by atoms with van der Waals surface area (Å²) in [7, 11) is 0. The zero-order valence-corrected chi connectivity index (χ0v) is 15.7. The maximum atomic E-state index is 13.0. The van der Waals surface area contributed by atoms with Gasteiger partial charge in [-0.25, -0.2) is 0 Å². The van der Waals surface area contributed by atoms with Crippen molar-refractivity contribution in [3.05, 3.63) is 75.4 Å². The topological polar surface area (TPSA) is 85.6 Å². The van der Waals surface area contributed by atoms with Gasteiger partial charge in [0.2, 0.25) is 5.78 Å². The molecule has 7 nitrogen and oxygen atoms in total. The van der Waals surface area contributed by atoms with Gasteiger partial charge in [-0.15, -0.1) is 11.3 Å². The van der Waals surface area contributed by atoms with E-state index in [1.54, 1.807) is 12.4 Å². The first-order valence-corrected chi connectivity index (χ1v) is 9.61. The van der Waals surface area contributed by atoms with E-state index in [0.29, 0.717) is 23.7 Å². The highest BCUT2D eigenvalue weighted by Gasteiger charge is 2.22. The molecule has 1 fully saturated rings. The van der Waals surface area contributed by atoms with E-state index in [1.165, 1.54) is 35.6 Å². The molecule has 1 aromatic carbocycles. The Balaban J connectivity index is 1.72. The number of nitro benzene ring substituents is 1. The van der Waals surface area contributed by atoms with Crippen LogP contribution in [0.4, 0.5) is 10.7 Å². The van der Waals surface area contributed by atoms with Gasteiger partial charge in [0.05, 0.1) is 28.0 Å². The number of hydrogen-bond donors (Lipinski definition) is 0. The van der Waals surface area contributed by atoms with Crippen molar-refractivity contribution < 1.29 is 14.5 Å². The Kier molecular flexibility index (Phi) is 5.14. The van der Waals surface area contributed by atoms with E-state index in [1.807, 2.05) is 18.2 Å². The van der Waals surface area contributed by atoms with E-state index in [9.17, 15) is 14.9 Å². The lowest BCUT2D eigenvalue weighted by Gasteiger charge is -2.28. The average Bonchev–Trinajstić information content (AvgIpc) is 3.20. The van der Waals surface area contributed by atoms with E-state index in [-0.39, 0.29) is 11.5 Å².